The Morgan fingerprint density at radius 3 is 2.67 bits per heavy atom. The average molecular weight is 208 g/mol. The Kier molecular flexibility index (Phi) is 4.49. The summed E-state index contributed by atoms with van der Waals surface area (Å²) >= 11 is 0. The first kappa shape index (κ1) is 11.9. The topological polar surface area (TPSA) is 55.0 Å². The van der Waals surface area contributed by atoms with Crippen LogP contribution >= 0.6 is 0 Å². The van der Waals surface area contributed by atoms with Gasteiger partial charge >= 0.3 is 0 Å². The fraction of sp³-hybridized carbons (Fsp3) is 0.636. The molecule has 1 rings (SSSR count). The second-order valence-corrected chi connectivity index (χ2v) is 3.99. The fourth-order valence-corrected chi connectivity index (χ4v) is 1.50. The van der Waals surface area contributed by atoms with E-state index in [1.807, 2.05) is 0 Å². The number of aromatic nitrogens is 2. The van der Waals surface area contributed by atoms with Crippen molar-refractivity contribution in [3.8, 4) is 0 Å². The van der Waals surface area contributed by atoms with Crippen molar-refractivity contribution in [1.82, 2.24) is 14.9 Å². The first-order valence-corrected chi connectivity index (χ1v) is 5.40. The van der Waals surface area contributed by atoms with Crippen LogP contribution in [-0.2, 0) is 6.54 Å². The Morgan fingerprint density at radius 1 is 1.40 bits per heavy atom. The highest BCUT2D eigenvalue weighted by Gasteiger charge is 2.09. The zero-order chi connectivity index (χ0) is 11.3. The number of rotatable bonds is 5. The molecule has 0 aliphatic carbocycles. The molecule has 4 heteroatoms. The molecule has 0 bridgehead atoms. The van der Waals surface area contributed by atoms with E-state index in [9.17, 15) is 0 Å². The molecule has 0 spiro atoms. The van der Waals surface area contributed by atoms with Gasteiger partial charge in [-0.15, -0.1) is 0 Å². The van der Waals surface area contributed by atoms with Crippen molar-refractivity contribution in [2.75, 3.05) is 12.8 Å². The smallest absolute Gasteiger partial charge is 0.141 e. The van der Waals surface area contributed by atoms with Gasteiger partial charge in [0.2, 0.25) is 0 Å². The van der Waals surface area contributed by atoms with Crippen LogP contribution in [-0.4, -0.2) is 28.0 Å². The third-order valence-electron chi connectivity index (χ3n) is 2.60. The van der Waals surface area contributed by atoms with Crippen molar-refractivity contribution in [3.05, 3.63) is 18.1 Å². The Balaban J connectivity index is 2.50. The standard InChI is InChI=1S/C11H20N4/c1-4-5-9(2)15(3)8-10-6-14-11(12)7-13-10/h6-7,9H,4-5,8H2,1-3H3,(H2,12,14). The van der Waals surface area contributed by atoms with Gasteiger partial charge in [0, 0.05) is 12.6 Å². The van der Waals surface area contributed by atoms with Crippen LogP contribution in [0.3, 0.4) is 0 Å². The molecule has 0 aromatic carbocycles. The van der Waals surface area contributed by atoms with E-state index in [-0.39, 0.29) is 0 Å². The van der Waals surface area contributed by atoms with E-state index in [0.717, 1.165) is 12.2 Å². The zero-order valence-electron chi connectivity index (χ0n) is 9.77. The molecule has 84 valence electrons. The maximum absolute atomic E-state index is 5.48. The van der Waals surface area contributed by atoms with Crippen LogP contribution in [0.4, 0.5) is 5.82 Å². The highest BCUT2D eigenvalue weighted by molar-refractivity contribution is 5.22. The van der Waals surface area contributed by atoms with Gasteiger partial charge in [0.05, 0.1) is 18.1 Å². The monoisotopic (exact) mass is 208 g/mol. The molecule has 0 radical (unpaired) electrons. The van der Waals surface area contributed by atoms with Gasteiger partial charge in [-0.05, 0) is 20.4 Å². The van der Waals surface area contributed by atoms with Gasteiger partial charge in [-0.25, -0.2) is 4.98 Å². The summed E-state index contributed by atoms with van der Waals surface area (Å²) in [5.41, 5.74) is 6.45. The number of anilines is 1. The Morgan fingerprint density at radius 2 is 2.13 bits per heavy atom. The number of hydrogen-bond donors (Lipinski definition) is 1. The summed E-state index contributed by atoms with van der Waals surface area (Å²) in [5, 5.41) is 0. The maximum Gasteiger partial charge on any atom is 0.141 e. The third kappa shape index (κ3) is 3.83. The summed E-state index contributed by atoms with van der Waals surface area (Å²) in [4.78, 5) is 10.5. The van der Waals surface area contributed by atoms with E-state index in [1.165, 1.54) is 12.8 Å². The highest BCUT2D eigenvalue weighted by atomic mass is 15.1. The molecule has 4 nitrogen and oxygen atoms in total. The van der Waals surface area contributed by atoms with Crippen molar-refractivity contribution in [2.24, 2.45) is 0 Å². The van der Waals surface area contributed by atoms with Crippen LogP contribution in [0.5, 0.6) is 0 Å². The van der Waals surface area contributed by atoms with E-state index < -0.39 is 0 Å². The van der Waals surface area contributed by atoms with E-state index in [4.69, 9.17) is 5.73 Å². The van der Waals surface area contributed by atoms with Crippen LogP contribution in [0.15, 0.2) is 12.4 Å². The second kappa shape index (κ2) is 5.66. The Labute approximate surface area is 91.5 Å². The van der Waals surface area contributed by atoms with Gasteiger partial charge in [0.15, 0.2) is 0 Å². The first-order valence-electron chi connectivity index (χ1n) is 5.40. The molecule has 1 aromatic heterocycles. The highest BCUT2D eigenvalue weighted by Crippen LogP contribution is 2.07. The van der Waals surface area contributed by atoms with Crippen molar-refractivity contribution < 1.29 is 0 Å². The van der Waals surface area contributed by atoms with Crippen molar-refractivity contribution in [1.29, 1.82) is 0 Å². The number of nitrogens with zero attached hydrogens (tertiary/aromatic N) is 3. The minimum atomic E-state index is 0.475. The lowest BCUT2D eigenvalue weighted by molar-refractivity contribution is 0.234. The van der Waals surface area contributed by atoms with E-state index in [0.29, 0.717) is 11.9 Å². The molecule has 0 saturated heterocycles. The van der Waals surface area contributed by atoms with Crippen LogP contribution in [0.1, 0.15) is 32.4 Å². The van der Waals surface area contributed by atoms with Gasteiger partial charge in [-0.3, -0.25) is 9.88 Å². The molecule has 0 amide bonds. The lowest BCUT2D eigenvalue weighted by Crippen LogP contribution is -2.28. The predicted octanol–water partition coefficient (Wildman–Crippen LogP) is 1.68. The van der Waals surface area contributed by atoms with Gasteiger partial charge < -0.3 is 5.73 Å². The summed E-state index contributed by atoms with van der Waals surface area (Å²) in [7, 11) is 2.11. The number of hydrogen-bond acceptors (Lipinski definition) is 4. The molecule has 0 fully saturated rings. The minimum Gasteiger partial charge on any atom is -0.382 e. The van der Waals surface area contributed by atoms with Gasteiger partial charge in [-0.1, -0.05) is 13.3 Å². The fourth-order valence-electron chi connectivity index (χ4n) is 1.50. The third-order valence-corrected chi connectivity index (χ3v) is 2.60. The average Bonchev–Trinajstić information content (AvgIpc) is 2.22. The first-order chi connectivity index (χ1) is 7.13. The minimum absolute atomic E-state index is 0.475. The van der Waals surface area contributed by atoms with Crippen LogP contribution in [0, 0.1) is 0 Å². The quantitative estimate of drug-likeness (QED) is 0.800. The maximum atomic E-state index is 5.48. The molecule has 0 saturated carbocycles. The molecule has 1 heterocycles. The molecule has 1 unspecified atom stereocenters. The lowest BCUT2D eigenvalue weighted by Gasteiger charge is -2.23. The molecule has 0 aliphatic heterocycles. The van der Waals surface area contributed by atoms with Gasteiger partial charge in [0.1, 0.15) is 5.82 Å². The van der Waals surface area contributed by atoms with Crippen molar-refractivity contribution in [3.63, 3.8) is 0 Å². The Hall–Kier alpha value is -1.16. The van der Waals surface area contributed by atoms with Crippen LogP contribution in [0.2, 0.25) is 0 Å². The summed E-state index contributed by atoms with van der Waals surface area (Å²) in [6.45, 7) is 5.26. The summed E-state index contributed by atoms with van der Waals surface area (Å²) in [5.74, 6) is 0.475. The van der Waals surface area contributed by atoms with Crippen molar-refractivity contribution >= 4 is 5.82 Å². The zero-order valence-corrected chi connectivity index (χ0v) is 9.77. The van der Waals surface area contributed by atoms with Crippen LogP contribution < -0.4 is 5.73 Å². The molecule has 15 heavy (non-hydrogen) atoms. The largest absolute Gasteiger partial charge is 0.382 e. The lowest BCUT2D eigenvalue weighted by atomic mass is 10.2. The molecular formula is C11H20N4. The molecular weight excluding hydrogens is 188 g/mol. The van der Waals surface area contributed by atoms with E-state index in [2.05, 4.69) is 35.8 Å². The van der Waals surface area contributed by atoms with Crippen LogP contribution in [0.25, 0.3) is 0 Å². The summed E-state index contributed by atoms with van der Waals surface area (Å²) in [6, 6.07) is 0.578. The van der Waals surface area contributed by atoms with Crippen molar-refractivity contribution in [2.45, 2.75) is 39.3 Å². The molecule has 1 atom stereocenters. The summed E-state index contributed by atoms with van der Waals surface area (Å²) in [6.07, 6.45) is 5.76. The summed E-state index contributed by atoms with van der Waals surface area (Å²) < 4.78 is 0. The van der Waals surface area contributed by atoms with Gasteiger partial charge in [0.25, 0.3) is 0 Å². The van der Waals surface area contributed by atoms with E-state index >= 15 is 0 Å². The van der Waals surface area contributed by atoms with E-state index in [1.54, 1.807) is 12.4 Å². The molecule has 2 N–H and O–H groups in total. The molecule has 1 aromatic rings. The predicted molar refractivity (Wildman–Crippen MR) is 62.3 cm³/mol. The SMILES string of the molecule is CCCC(C)N(C)Cc1cnc(N)cn1. The van der Waals surface area contributed by atoms with Gasteiger partial charge in [-0.2, -0.15) is 0 Å². The number of nitrogen functional groups attached to an aromatic ring is 1. The Bertz CT molecular complexity index is 283. The molecule has 0 aliphatic rings. The number of nitrogens with two attached hydrogens (primary N) is 1. The second-order valence-electron chi connectivity index (χ2n) is 3.99. The normalized spacial score (nSPS) is 13.1.